The maximum Gasteiger partial charge on any atom is 0.326 e. The molecule has 0 spiro atoms. The van der Waals surface area contributed by atoms with Crippen LogP contribution < -0.4 is 46.5 Å². The fourth-order valence-electron chi connectivity index (χ4n) is 7.53. The second-order valence-electron chi connectivity index (χ2n) is 16.9. The number of benzene rings is 4. The molecule has 3 atom stereocenters. The van der Waals surface area contributed by atoms with Crippen molar-refractivity contribution >= 4 is 51.5 Å². The van der Waals surface area contributed by atoms with E-state index in [1.165, 1.54) is 31.4 Å². The zero-order valence-corrected chi connectivity index (χ0v) is 41.1. The minimum atomic E-state index is -4.22. The molecule has 0 heterocycles. The van der Waals surface area contributed by atoms with E-state index in [0.29, 0.717) is 45.9 Å². The molecule has 0 saturated heterocycles. The highest BCUT2D eigenvalue weighted by Crippen LogP contribution is 2.30. The van der Waals surface area contributed by atoms with Gasteiger partial charge in [0.15, 0.2) is 0 Å². The maximum absolute atomic E-state index is 14.3. The topological polar surface area (TPSA) is 306 Å². The van der Waals surface area contributed by atoms with Crippen LogP contribution in [0.3, 0.4) is 0 Å². The van der Waals surface area contributed by atoms with E-state index in [2.05, 4.69) is 36.3 Å². The summed E-state index contributed by atoms with van der Waals surface area (Å²) in [5, 5.41) is 32.5. The van der Waals surface area contributed by atoms with Gasteiger partial charge >= 0.3 is 5.97 Å². The number of carboxylic acids is 1. The number of nitrogens with zero attached hydrogens (tertiary/aromatic N) is 1. The lowest BCUT2D eigenvalue weighted by Crippen LogP contribution is -2.57. The van der Waals surface area contributed by atoms with E-state index in [0.717, 1.165) is 5.56 Å². The molecule has 0 aromatic heterocycles. The Bertz CT molecular complexity index is 2770. The molecule has 0 saturated carbocycles. The van der Waals surface area contributed by atoms with Crippen molar-refractivity contribution in [2.45, 2.75) is 76.1 Å². The van der Waals surface area contributed by atoms with E-state index in [4.69, 9.17) is 15.2 Å². The standard InChI is InChI=1S/C51H60N8O12S/c1-31-25-43(70-4)32(2)33(3)46(31)72(68,69)59-51(52)53-24-10-15-40(48(64)58-42(50(66)67)27-34-16-20-38(60)21-17-34)57-49(65)41(26-35-18-22-39(23-19-35)71-30-36-11-6-5-7-12-36)56-45(62)29-54-44(61)28-55-47(63)37-13-8-9-14-37/h5-9,11-14,16-23,25,37,40-42,60H,10,15,24,26-30H2,1-4H3,(H,54,61)(H,55,63)(H,56,62)(H,57,65)(H,58,64)(H,66,67)(H3,52,53,59)/t40-,41-,42-/m0/s1. The zero-order chi connectivity index (χ0) is 52.4. The number of aryl methyl sites for hydroxylation is 1. The van der Waals surface area contributed by atoms with Crippen molar-refractivity contribution in [3.8, 4) is 17.2 Å². The van der Waals surface area contributed by atoms with Crippen molar-refractivity contribution < 1.29 is 56.9 Å². The number of methoxy groups -OCH3 is 1. The highest BCUT2D eigenvalue weighted by Gasteiger charge is 2.31. The van der Waals surface area contributed by atoms with Crippen LogP contribution in [0.2, 0.25) is 0 Å². The lowest BCUT2D eigenvalue weighted by molar-refractivity contribution is -0.142. The molecule has 4 aromatic rings. The van der Waals surface area contributed by atoms with Gasteiger partial charge in [0.1, 0.15) is 42.0 Å². The average molecular weight is 1010 g/mol. The van der Waals surface area contributed by atoms with Crippen LogP contribution in [-0.2, 0) is 58.2 Å². The summed E-state index contributed by atoms with van der Waals surface area (Å²) in [4.78, 5) is 83.3. The minimum Gasteiger partial charge on any atom is -0.508 e. The molecule has 0 radical (unpaired) electrons. The van der Waals surface area contributed by atoms with Gasteiger partial charge in [-0.3, -0.25) is 29.0 Å². The molecule has 20 nitrogen and oxygen atoms in total. The van der Waals surface area contributed by atoms with E-state index >= 15 is 0 Å². The monoisotopic (exact) mass is 1010 g/mol. The number of carbonyl (C=O) groups excluding carboxylic acids is 5. The van der Waals surface area contributed by atoms with E-state index in [1.807, 2.05) is 30.3 Å². The number of phenols is 1. The Balaban J connectivity index is 1.33. The highest BCUT2D eigenvalue weighted by molar-refractivity contribution is 7.90. The molecule has 72 heavy (non-hydrogen) atoms. The predicted octanol–water partition coefficient (Wildman–Crippen LogP) is 2.28. The maximum atomic E-state index is 14.3. The first-order valence-corrected chi connectivity index (χ1v) is 24.3. The summed E-state index contributed by atoms with van der Waals surface area (Å²) in [7, 11) is -2.74. The van der Waals surface area contributed by atoms with Gasteiger partial charge in [-0.2, -0.15) is 0 Å². The minimum absolute atomic E-state index is 0.00572. The number of hydrogen-bond acceptors (Lipinski definition) is 12. The number of ether oxygens (including phenoxy) is 2. The first-order chi connectivity index (χ1) is 34.3. The number of hydrogen-bond donors (Lipinski definition) is 9. The second-order valence-corrected chi connectivity index (χ2v) is 18.5. The van der Waals surface area contributed by atoms with Crippen molar-refractivity contribution in [2.75, 3.05) is 26.7 Å². The van der Waals surface area contributed by atoms with Gasteiger partial charge in [-0.25, -0.2) is 17.9 Å². The summed E-state index contributed by atoms with van der Waals surface area (Å²) in [6.07, 6.45) is 6.22. The van der Waals surface area contributed by atoms with Gasteiger partial charge in [-0.1, -0.05) is 78.9 Å². The molecule has 382 valence electrons. The van der Waals surface area contributed by atoms with Gasteiger partial charge in [0.2, 0.25) is 35.5 Å². The summed E-state index contributed by atoms with van der Waals surface area (Å²) < 4.78 is 40.5. The summed E-state index contributed by atoms with van der Waals surface area (Å²) in [5.41, 5.74) is 9.49. The van der Waals surface area contributed by atoms with Crippen molar-refractivity contribution in [1.29, 1.82) is 0 Å². The smallest absolute Gasteiger partial charge is 0.326 e. The van der Waals surface area contributed by atoms with E-state index in [9.17, 15) is 47.4 Å². The van der Waals surface area contributed by atoms with Crippen LogP contribution in [0, 0.1) is 26.7 Å². The van der Waals surface area contributed by atoms with E-state index in [-0.39, 0.29) is 42.9 Å². The Kier molecular flexibility index (Phi) is 19.9. The number of amides is 5. The summed E-state index contributed by atoms with van der Waals surface area (Å²) >= 11 is 0. The van der Waals surface area contributed by atoms with Crippen LogP contribution in [0.4, 0.5) is 0 Å². The number of sulfonamides is 1. The number of carboxylic acid groups (broad SMARTS) is 1. The molecule has 1 aliphatic carbocycles. The first-order valence-electron chi connectivity index (χ1n) is 22.9. The largest absolute Gasteiger partial charge is 0.508 e. The Morgan fingerprint density at radius 2 is 1.33 bits per heavy atom. The summed E-state index contributed by atoms with van der Waals surface area (Å²) in [6.45, 7) is 4.10. The van der Waals surface area contributed by atoms with Gasteiger partial charge in [0.05, 0.1) is 31.0 Å². The molecule has 21 heteroatoms. The number of aromatic hydroxyl groups is 1. The number of allylic oxidation sites excluding steroid dienone is 2. The molecular formula is C51H60N8O12S. The lowest BCUT2D eigenvalue weighted by atomic mass is 10.0. The molecule has 4 aromatic carbocycles. The molecule has 5 rings (SSSR count). The van der Waals surface area contributed by atoms with Crippen molar-refractivity contribution in [1.82, 2.24) is 31.3 Å². The number of aliphatic carboxylic acids is 1. The third-order valence-electron chi connectivity index (χ3n) is 11.4. The van der Waals surface area contributed by atoms with Crippen LogP contribution in [-0.4, -0.2) is 105 Å². The fourth-order valence-corrected chi connectivity index (χ4v) is 9.01. The quantitative estimate of drug-likeness (QED) is 0.0262. The number of aliphatic imine (C=N–C) groups is 1. The number of rotatable bonds is 25. The molecule has 5 amide bonds. The Hall–Kier alpha value is -8.20. The number of carbonyl (C=O) groups is 6. The zero-order valence-electron chi connectivity index (χ0n) is 40.3. The normalized spacial score (nSPS) is 13.5. The van der Waals surface area contributed by atoms with Crippen molar-refractivity contribution in [3.05, 3.63) is 143 Å². The molecule has 10 N–H and O–H groups in total. The second kappa shape index (κ2) is 26.1. The lowest BCUT2D eigenvalue weighted by Gasteiger charge is -2.25. The number of nitrogens with two attached hydrogens (primary N) is 1. The van der Waals surface area contributed by atoms with Crippen LogP contribution in [0.25, 0.3) is 0 Å². The van der Waals surface area contributed by atoms with E-state index < -0.39 is 88.6 Å². The molecule has 0 bridgehead atoms. The van der Waals surface area contributed by atoms with E-state index in [1.54, 1.807) is 75.4 Å². The Morgan fingerprint density at radius 1 is 0.736 bits per heavy atom. The fraction of sp³-hybridized carbons (Fsp3) is 0.314. The number of guanidine groups is 1. The first kappa shape index (κ1) is 54.7. The molecule has 0 unspecified atom stereocenters. The average Bonchev–Trinajstić information content (AvgIpc) is 3.90. The van der Waals surface area contributed by atoms with Gasteiger partial charge in [-0.15, -0.1) is 0 Å². The molecule has 0 fully saturated rings. The predicted molar refractivity (Wildman–Crippen MR) is 267 cm³/mol. The Labute approximate surface area is 417 Å². The van der Waals surface area contributed by atoms with Crippen LogP contribution in [0.1, 0.15) is 46.2 Å². The molecule has 1 aliphatic rings. The summed E-state index contributed by atoms with van der Waals surface area (Å²) in [6, 6.07) is 19.2. The van der Waals surface area contributed by atoms with Gasteiger partial charge < -0.3 is 52.0 Å². The molecule has 0 aliphatic heterocycles. The Morgan fingerprint density at radius 3 is 1.97 bits per heavy atom. The third kappa shape index (κ3) is 16.5. The van der Waals surface area contributed by atoms with Gasteiger partial charge in [0, 0.05) is 19.4 Å². The van der Waals surface area contributed by atoms with Gasteiger partial charge in [-0.05, 0) is 97.3 Å². The summed E-state index contributed by atoms with van der Waals surface area (Å²) in [5.74, 6) is -5.03. The van der Waals surface area contributed by atoms with Gasteiger partial charge in [0.25, 0.3) is 10.0 Å². The van der Waals surface area contributed by atoms with Crippen LogP contribution in [0.5, 0.6) is 17.2 Å². The number of nitrogens with one attached hydrogen (secondary N) is 6. The SMILES string of the molecule is COc1cc(C)c(S(=O)(=O)NC(N)=NCCC[C@H](NC(=O)[C@H](Cc2ccc(OCc3ccccc3)cc2)NC(=O)CNC(=O)CNC(=O)C2C=CC=C2)C(=O)N[C@@H](Cc2ccc(O)cc2)C(=O)O)c(C)c1C. The highest BCUT2D eigenvalue weighted by atomic mass is 32.2. The number of phenolic OH excluding ortho intramolecular Hbond substituents is 1. The third-order valence-corrected chi connectivity index (χ3v) is 13.1. The molecular weight excluding hydrogens is 949 g/mol. The van der Waals surface area contributed by atoms with Crippen molar-refractivity contribution in [3.63, 3.8) is 0 Å². The van der Waals surface area contributed by atoms with Crippen molar-refractivity contribution in [2.24, 2.45) is 16.6 Å². The van der Waals surface area contributed by atoms with Crippen LogP contribution >= 0.6 is 0 Å². The van der Waals surface area contributed by atoms with Crippen LogP contribution in [0.15, 0.2) is 119 Å².